The number of fused-ring (bicyclic) bond motifs is 5. The fourth-order valence-corrected chi connectivity index (χ4v) is 12.0. The van der Waals surface area contributed by atoms with Crippen molar-refractivity contribution in [1.82, 2.24) is 4.90 Å². The standard InChI is InChI=1S/C46H83N3O3/c1-9-36(32(2)3)17-16-33(4)40-20-21-41-39-19-18-37-31-38(24-27-45(37,7)42(39)25-28-46(40,41)8)52-44(51)23-22-43(50)49(30-26-35(6)48)29-14-12-10-11-13-15-34(5)47/h18,32-36,38-42H,9-17,19-31,47-48H2,1-8H3/t33?,34?,35?,36?,38-,39-,40+,41-,42-,45-,46+/m0/s1. The van der Waals surface area contributed by atoms with Gasteiger partial charge in [0.25, 0.3) is 0 Å². The maximum Gasteiger partial charge on any atom is 0.306 e. The summed E-state index contributed by atoms with van der Waals surface area (Å²) in [6, 6.07) is 0.324. The van der Waals surface area contributed by atoms with Crippen LogP contribution in [-0.2, 0) is 14.3 Å². The highest BCUT2D eigenvalue weighted by molar-refractivity contribution is 5.81. The van der Waals surface area contributed by atoms with Crippen molar-refractivity contribution in [2.24, 2.45) is 63.7 Å². The van der Waals surface area contributed by atoms with E-state index in [9.17, 15) is 9.59 Å². The number of amides is 1. The first-order valence-electron chi connectivity index (χ1n) is 22.4. The molecule has 11 atom stereocenters. The van der Waals surface area contributed by atoms with Crippen LogP contribution in [0.5, 0.6) is 0 Å². The molecule has 3 fully saturated rings. The molecule has 3 saturated carbocycles. The van der Waals surface area contributed by atoms with E-state index in [4.69, 9.17) is 16.2 Å². The number of hydrogen-bond acceptors (Lipinski definition) is 5. The van der Waals surface area contributed by atoms with Gasteiger partial charge >= 0.3 is 5.97 Å². The van der Waals surface area contributed by atoms with Crippen LogP contribution >= 0.6 is 0 Å². The lowest BCUT2D eigenvalue weighted by Gasteiger charge is -2.58. The van der Waals surface area contributed by atoms with Gasteiger partial charge in [-0.25, -0.2) is 0 Å². The maximum atomic E-state index is 13.3. The molecule has 0 radical (unpaired) electrons. The molecule has 0 heterocycles. The van der Waals surface area contributed by atoms with Crippen LogP contribution in [0.2, 0.25) is 0 Å². The summed E-state index contributed by atoms with van der Waals surface area (Å²) in [6.07, 6.45) is 24.3. The Morgan fingerprint density at radius 1 is 0.827 bits per heavy atom. The Hall–Kier alpha value is -1.40. The van der Waals surface area contributed by atoms with Crippen LogP contribution in [0.4, 0.5) is 0 Å². The molecule has 0 aromatic carbocycles. The molecule has 0 saturated heterocycles. The SMILES string of the molecule is CCC(CCC(C)[C@H]1CC[C@H]2[C@@H]3CC=C4C[C@@H](OC(=O)CCC(=O)N(CCCCCCCC(C)N)CCC(C)N)CC[C@]4(C)[C@H]3CC[C@]12C)C(C)C. The molecule has 0 bridgehead atoms. The maximum absolute atomic E-state index is 13.3. The number of hydrogen-bond donors (Lipinski definition) is 2. The first-order valence-corrected chi connectivity index (χ1v) is 22.4. The van der Waals surface area contributed by atoms with Gasteiger partial charge in [-0.3, -0.25) is 9.59 Å². The van der Waals surface area contributed by atoms with Crippen LogP contribution < -0.4 is 11.5 Å². The number of esters is 1. The van der Waals surface area contributed by atoms with E-state index in [0.29, 0.717) is 12.0 Å². The number of allylic oxidation sites excluding steroid dienone is 1. The van der Waals surface area contributed by atoms with Gasteiger partial charge < -0.3 is 21.1 Å². The molecule has 0 aromatic heterocycles. The van der Waals surface area contributed by atoms with Crippen molar-refractivity contribution in [2.75, 3.05) is 13.1 Å². The number of nitrogens with zero attached hydrogens (tertiary/aromatic N) is 1. The van der Waals surface area contributed by atoms with Crippen LogP contribution in [0, 0.1) is 52.3 Å². The predicted molar refractivity (Wildman–Crippen MR) is 218 cm³/mol. The number of unbranched alkanes of at least 4 members (excludes halogenated alkanes) is 4. The van der Waals surface area contributed by atoms with Crippen LogP contribution in [0.25, 0.3) is 0 Å². The molecule has 0 spiro atoms. The normalized spacial score (nSPS) is 32.2. The van der Waals surface area contributed by atoms with E-state index in [2.05, 4.69) is 54.5 Å². The number of carbonyl (C=O) groups is 2. The summed E-state index contributed by atoms with van der Waals surface area (Å²) in [7, 11) is 0. The first-order chi connectivity index (χ1) is 24.7. The molecule has 300 valence electrons. The average molecular weight is 726 g/mol. The molecule has 4 unspecified atom stereocenters. The van der Waals surface area contributed by atoms with Gasteiger partial charge in [0.2, 0.25) is 5.91 Å². The quantitative estimate of drug-likeness (QED) is 0.0697. The van der Waals surface area contributed by atoms with Gasteiger partial charge in [-0.15, -0.1) is 0 Å². The number of nitrogens with two attached hydrogens (primary N) is 2. The molecule has 6 nitrogen and oxygen atoms in total. The smallest absolute Gasteiger partial charge is 0.306 e. The zero-order valence-electron chi connectivity index (χ0n) is 35.2. The van der Waals surface area contributed by atoms with Gasteiger partial charge in [0.05, 0.1) is 6.42 Å². The Labute approximate surface area is 320 Å². The molecule has 4 aliphatic rings. The lowest BCUT2D eigenvalue weighted by atomic mass is 9.47. The highest BCUT2D eigenvalue weighted by atomic mass is 16.5. The highest BCUT2D eigenvalue weighted by Crippen LogP contribution is 2.67. The fourth-order valence-electron chi connectivity index (χ4n) is 12.0. The van der Waals surface area contributed by atoms with Gasteiger partial charge in [-0.2, -0.15) is 0 Å². The lowest BCUT2D eigenvalue weighted by Crippen LogP contribution is -2.51. The van der Waals surface area contributed by atoms with Crippen LogP contribution in [0.15, 0.2) is 11.6 Å². The van der Waals surface area contributed by atoms with Crippen molar-refractivity contribution in [1.29, 1.82) is 0 Å². The molecular weight excluding hydrogens is 643 g/mol. The van der Waals surface area contributed by atoms with Crippen molar-refractivity contribution in [3.05, 3.63) is 11.6 Å². The van der Waals surface area contributed by atoms with Gasteiger partial charge in [0.1, 0.15) is 6.10 Å². The van der Waals surface area contributed by atoms with Crippen LogP contribution in [0.3, 0.4) is 0 Å². The minimum Gasteiger partial charge on any atom is -0.462 e. The van der Waals surface area contributed by atoms with Crippen molar-refractivity contribution >= 4 is 11.9 Å². The highest BCUT2D eigenvalue weighted by Gasteiger charge is 2.59. The van der Waals surface area contributed by atoms with Crippen LogP contribution in [0.1, 0.15) is 184 Å². The molecule has 0 aromatic rings. The van der Waals surface area contributed by atoms with E-state index >= 15 is 0 Å². The topological polar surface area (TPSA) is 98.7 Å². The van der Waals surface area contributed by atoms with Crippen LogP contribution in [-0.4, -0.2) is 48.1 Å². The third kappa shape index (κ3) is 11.1. The Morgan fingerprint density at radius 2 is 1.54 bits per heavy atom. The molecule has 4 N–H and O–H groups in total. The summed E-state index contributed by atoms with van der Waals surface area (Å²) in [5.41, 5.74) is 14.2. The summed E-state index contributed by atoms with van der Waals surface area (Å²) < 4.78 is 6.11. The molecule has 1 amide bonds. The summed E-state index contributed by atoms with van der Waals surface area (Å²) in [5, 5.41) is 0. The number of rotatable bonds is 21. The zero-order valence-corrected chi connectivity index (χ0v) is 35.2. The van der Waals surface area contributed by atoms with Gasteiger partial charge in [0.15, 0.2) is 0 Å². The summed E-state index contributed by atoms with van der Waals surface area (Å²) in [4.78, 5) is 28.3. The van der Waals surface area contributed by atoms with E-state index < -0.39 is 0 Å². The Bertz CT molecular complexity index is 1150. The molecule has 4 aliphatic carbocycles. The van der Waals surface area contributed by atoms with Gasteiger partial charge in [-0.1, -0.05) is 91.7 Å². The second-order valence-corrected chi connectivity index (χ2v) is 19.5. The van der Waals surface area contributed by atoms with Gasteiger partial charge in [0, 0.05) is 38.0 Å². The van der Waals surface area contributed by atoms with E-state index in [1.54, 1.807) is 5.57 Å². The average Bonchev–Trinajstić information content (AvgIpc) is 3.45. The first kappa shape index (κ1) is 43.3. The third-order valence-corrected chi connectivity index (χ3v) is 15.4. The molecule has 6 heteroatoms. The second kappa shape index (κ2) is 20.0. The predicted octanol–water partition coefficient (Wildman–Crippen LogP) is 10.6. The summed E-state index contributed by atoms with van der Waals surface area (Å²) >= 11 is 0. The van der Waals surface area contributed by atoms with Crippen molar-refractivity contribution in [3.63, 3.8) is 0 Å². The van der Waals surface area contributed by atoms with Gasteiger partial charge in [-0.05, 0) is 137 Å². The second-order valence-electron chi connectivity index (χ2n) is 19.5. The number of carbonyl (C=O) groups excluding carboxylic acids is 2. The zero-order chi connectivity index (χ0) is 38.1. The summed E-state index contributed by atoms with van der Waals surface area (Å²) in [5.74, 6) is 5.63. The Morgan fingerprint density at radius 3 is 2.23 bits per heavy atom. The van der Waals surface area contributed by atoms with Crippen molar-refractivity contribution < 1.29 is 14.3 Å². The van der Waals surface area contributed by atoms with E-state index in [1.807, 2.05) is 11.8 Å². The fraction of sp³-hybridized carbons (Fsp3) is 0.913. The molecule has 52 heavy (non-hydrogen) atoms. The largest absolute Gasteiger partial charge is 0.462 e. The minimum atomic E-state index is -0.212. The number of ether oxygens (including phenoxy) is 1. The minimum absolute atomic E-state index is 0.0509. The van der Waals surface area contributed by atoms with Crippen molar-refractivity contribution in [2.45, 2.75) is 202 Å². The molecule has 0 aliphatic heterocycles. The monoisotopic (exact) mass is 726 g/mol. The molecule has 4 rings (SSSR count). The third-order valence-electron chi connectivity index (χ3n) is 15.4. The Kier molecular flexibility index (Phi) is 16.6. The lowest BCUT2D eigenvalue weighted by molar-refractivity contribution is -0.153. The van der Waals surface area contributed by atoms with E-state index in [1.165, 1.54) is 70.6 Å². The summed E-state index contributed by atoms with van der Waals surface area (Å²) in [6.45, 7) is 20.5. The molecular formula is C46H83N3O3. The Balaban J connectivity index is 1.26. The van der Waals surface area contributed by atoms with Crippen molar-refractivity contribution in [3.8, 4) is 0 Å². The van der Waals surface area contributed by atoms with E-state index in [0.717, 1.165) is 92.9 Å². The van der Waals surface area contributed by atoms with E-state index in [-0.39, 0.29) is 48.3 Å².